The molecule has 0 bridgehead atoms. The van der Waals surface area contributed by atoms with Gasteiger partial charge in [0.25, 0.3) is 0 Å². The molecule has 0 fully saturated rings. The number of rotatable bonds is 5. The fourth-order valence-corrected chi connectivity index (χ4v) is 0.574. The van der Waals surface area contributed by atoms with Crippen LogP contribution in [0.1, 0.15) is 26.7 Å². The number of hydrogen-bond donors (Lipinski definition) is 0. The molecule has 0 aromatic carbocycles. The molecule has 0 aromatic rings. The molecule has 13 heavy (non-hydrogen) atoms. The molecule has 0 amide bonds. The van der Waals surface area contributed by atoms with Crippen molar-refractivity contribution in [1.82, 2.24) is 0 Å². The van der Waals surface area contributed by atoms with Crippen molar-refractivity contribution in [1.29, 1.82) is 0 Å². The number of esters is 1. The summed E-state index contributed by atoms with van der Waals surface area (Å²) in [6.45, 7) is 3.30. The second-order valence-corrected chi connectivity index (χ2v) is 2.44. The van der Waals surface area contributed by atoms with E-state index in [-0.39, 0.29) is 48.4 Å². The summed E-state index contributed by atoms with van der Waals surface area (Å²) in [4.78, 5) is 31.9. The largest absolute Gasteiger partial charge is 1.00 e. The van der Waals surface area contributed by atoms with E-state index >= 15 is 0 Å². The smallest absolute Gasteiger partial charge is 0.460 e. The fraction of sp³-hybridized carbons (Fsp3) is 0.625. The van der Waals surface area contributed by atoms with Crippen molar-refractivity contribution in [3.8, 4) is 0 Å². The predicted octanol–water partition coefficient (Wildman–Crippen LogP) is -2.51. The van der Waals surface area contributed by atoms with Crippen LogP contribution < -0.4 is 29.6 Å². The van der Waals surface area contributed by atoms with Crippen LogP contribution in [0.3, 0.4) is 0 Å². The van der Waals surface area contributed by atoms with Crippen LogP contribution in [-0.4, -0.2) is 24.1 Å². The average molecular weight is 195 g/mol. The fourth-order valence-electron chi connectivity index (χ4n) is 0.574. The van der Waals surface area contributed by atoms with E-state index < -0.39 is 11.8 Å². The number of ketones is 2. The van der Waals surface area contributed by atoms with Gasteiger partial charge < -0.3 is 4.74 Å². The van der Waals surface area contributed by atoms with Crippen LogP contribution in [0, 0.1) is 0 Å². The molecular formula is C8H12NaO4+. The van der Waals surface area contributed by atoms with Crippen LogP contribution in [0.4, 0.5) is 0 Å². The first kappa shape index (κ1) is 15.3. The molecule has 0 N–H and O–H groups in total. The minimum atomic E-state index is -0.910. The van der Waals surface area contributed by atoms with E-state index in [4.69, 9.17) is 0 Å². The molecule has 0 aliphatic heterocycles. The van der Waals surface area contributed by atoms with Gasteiger partial charge in [0.2, 0.25) is 5.78 Å². The summed E-state index contributed by atoms with van der Waals surface area (Å²) in [6.07, 6.45) is 0.307. The summed E-state index contributed by atoms with van der Waals surface area (Å²) in [6, 6.07) is 0. The molecule has 0 unspecified atom stereocenters. The van der Waals surface area contributed by atoms with Crippen LogP contribution in [0.15, 0.2) is 0 Å². The molecule has 5 heteroatoms. The van der Waals surface area contributed by atoms with Crippen LogP contribution in [0.5, 0.6) is 0 Å². The molecule has 0 aliphatic carbocycles. The van der Waals surface area contributed by atoms with Crippen molar-refractivity contribution in [3.63, 3.8) is 0 Å². The van der Waals surface area contributed by atoms with E-state index in [9.17, 15) is 14.4 Å². The number of ether oxygens (including phenoxy) is 1. The van der Waals surface area contributed by atoms with Gasteiger partial charge in [-0.05, 0) is 13.3 Å². The zero-order chi connectivity index (χ0) is 9.56. The summed E-state index contributed by atoms with van der Waals surface area (Å²) in [5.41, 5.74) is 0. The molecule has 0 aliphatic rings. The number of Topliss-reactive ketones (excluding diaryl/α,β-unsaturated/α-hetero) is 2. The second kappa shape index (κ2) is 8.41. The monoisotopic (exact) mass is 195 g/mol. The van der Waals surface area contributed by atoms with E-state index in [1.54, 1.807) is 0 Å². The first-order chi connectivity index (χ1) is 5.57. The van der Waals surface area contributed by atoms with Gasteiger partial charge in [-0.2, -0.15) is 0 Å². The van der Waals surface area contributed by atoms with Crippen molar-refractivity contribution in [2.75, 3.05) is 6.61 Å². The minimum absolute atomic E-state index is 0. The maximum atomic E-state index is 10.8. The van der Waals surface area contributed by atoms with Gasteiger partial charge >= 0.3 is 35.5 Å². The van der Waals surface area contributed by atoms with Crippen LogP contribution in [0.25, 0.3) is 0 Å². The molecule has 0 rings (SSSR count). The molecule has 0 heterocycles. The van der Waals surface area contributed by atoms with Gasteiger partial charge in [-0.3, -0.25) is 9.59 Å². The first-order valence-electron chi connectivity index (χ1n) is 3.77. The molecule has 68 valence electrons. The SMILES string of the molecule is CCCOC(=O)C(=O)CC(C)=O.[Na+]. The van der Waals surface area contributed by atoms with Crippen molar-refractivity contribution in [3.05, 3.63) is 0 Å². The van der Waals surface area contributed by atoms with Gasteiger partial charge in [-0.1, -0.05) is 6.92 Å². The maximum absolute atomic E-state index is 10.8. The summed E-state index contributed by atoms with van der Waals surface area (Å²) >= 11 is 0. The molecule has 0 spiro atoms. The zero-order valence-electron chi connectivity index (χ0n) is 8.25. The van der Waals surface area contributed by atoms with E-state index in [0.29, 0.717) is 6.42 Å². The summed E-state index contributed by atoms with van der Waals surface area (Å²) < 4.78 is 4.51. The Hall–Kier alpha value is -0.190. The normalized spacial score (nSPS) is 8.46. The average Bonchev–Trinajstić information content (AvgIpc) is 1.98. The van der Waals surface area contributed by atoms with Crippen molar-refractivity contribution in [2.45, 2.75) is 26.7 Å². The zero-order valence-corrected chi connectivity index (χ0v) is 10.3. The van der Waals surface area contributed by atoms with Gasteiger partial charge in [0.15, 0.2) is 0 Å². The van der Waals surface area contributed by atoms with Gasteiger partial charge in [0, 0.05) is 0 Å². The Labute approximate surface area is 99.3 Å². The Morgan fingerprint density at radius 3 is 2.15 bits per heavy atom. The quantitative estimate of drug-likeness (QED) is 0.210. The molecule has 0 radical (unpaired) electrons. The van der Waals surface area contributed by atoms with Gasteiger partial charge in [0.05, 0.1) is 13.0 Å². The van der Waals surface area contributed by atoms with E-state index in [2.05, 4.69) is 4.74 Å². The molecule has 4 nitrogen and oxygen atoms in total. The Balaban J connectivity index is 0. The van der Waals surface area contributed by atoms with E-state index in [1.165, 1.54) is 6.92 Å². The number of hydrogen-bond acceptors (Lipinski definition) is 4. The van der Waals surface area contributed by atoms with Gasteiger partial charge in [-0.25, -0.2) is 4.79 Å². The van der Waals surface area contributed by atoms with Gasteiger partial charge in [0.1, 0.15) is 5.78 Å². The standard InChI is InChI=1S/C8H12O4.Na/c1-3-4-12-8(11)7(10)5-6(2)9;/h3-5H2,1-2H3;/q;+1. The Kier molecular flexibility index (Phi) is 9.89. The maximum Gasteiger partial charge on any atom is 1.00 e. The molecule has 0 aromatic heterocycles. The van der Waals surface area contributed by atoms with Crippen LogP contribution in [-0.2, 0) is 19.1 Å². The van der Waals surface area contributed by atoms with E-state index in [1.807, 2.05) is 6.92 Å². The number of carbonyl (C=O) groups excluding carboxylic acids is 3. The summed E-state index contributed by atoms with van der Waals surface area (Å²) in [5, 5.41) is 0. The molecule has 0 saturated carbocycles. The van der Waals surface area contributed by atoms with Crippen molar-refractivity contribution in [2.24, 2.45) is 0 Å². The van der Waals surface area contributed by atoms with E-state index in [0.717, 1.165) is 0 Å². The van der Waals surface area contributed by atoms with Crippen LogP contribution in [0.2, 0.25) is 0 Å². The summed E-state index contributed by atoms with van der Waals surface area (Å²) in [5.74, 6) is -2.00. The minimum Gasteiger partial charge on any atom is -0.460 e. The first-order valence-corrected chi connectivity index (χ1v) is 3.77. The van der Waals surface area contributed by atoms with Gasteiger partial charge in [-0.15, -0.1) is 0 Å². The second-order valence-electron chi connectivity index (χ2n) is 2.44. The Morgan fingerprint density at radius 2 is 1.77 bits per heavy atom. The van der Waals surface area contributed by atoms with Crippen LogP contribution >= 0.6 is 0 Å². The Morgan fingerprint density at radius 1 is 1.23 bits per heavy atom. The third kappa shape index (κ3) is 8.15. The van der Waals surface area contributed by atoms with Crippen molar-refractivity contribution >= 4 is 17.5 Å². The molecule has 0 saturated heterocycles. The number of carbonyl (C=O) groups is 3. The third-order valence-corrected chi connectivity index (χ3v) is 1.07. The predicted molar refractivity (Wildman–Crippen MR) is 41.6 cm³/mol. The topological polar surface area (TPSA) is 60.4 Å². The molecule has 0 atom stereocenters. The van der Waals surface area contributed by atoms with Crippen molar-refractivity contribution < 1.29 is 48.7 Å². The Bertz CT molecular complexity index is 200. The molecular weight excluding hydrogens is 183 g/mol. The third-order valence-electron chi connectivity index (χ3n) is 1.07. The summed E-state index contributed by atoms with van der Waals surface area (Å²) in [7, 11) is 0.